The molecule has 5 heteroatoms. The Morgan fingerprint density at radius 2 is 0.690 bits per heavy atom. The molecule has 0 aliphatic rings. The van der Waals surface area contributed by atoms with Gasteiger partial charge in [0.05, 0.1) is 0 Å². The molecule has 0 saturated heterocycles. The van der Waals surface area contributed by atoms with E-state index >= 15 is 0 Å². The van der Waals surface area contributed by atoms with Crippen LogP contribution in [0, 0.1) is 0 Å². The van der Waals surface area contributed by atoms with E-state index < -0.39 is 0 Å². The van der Waals surface area contributed by atoms with Crippen LogP contribution < -0.4 is 10.2 Å². The van der Waals surface area contributed by atoms with Crippen LogP contribution >= 0.6 is 47.8 Å². The number of halogens is 3. The third-order valence-electron chi connectivity index (χ3n) is 5.72. The van der Waals surface area contributed by atoms with Crippen LogP contribution in [0.15, 0.2) is 183 Å². The lowest BCUT2D eigenvalue weighted by Gasteiger charge is -2.25. The first kappa shape index (κ1) is 32.9. The van der Waals surface area contributed by atoms with Gasteiger partial charge in [-0.3, -0.25) is 0 Å². The molecule has 0 aliphatic heterocycles. The minimum absolute atomic E-state index is 0. The van der Waals surface area contributed by atoms with Crippen LogP contribution in [-0.2, 0) is 0 Å². The Morgan fingerprint density at radius 3 is 1.05 bits per heavy atom. The van der Waals surface area contributed by atoms with Crippen molar-refractivity contribution < 1.29 is 0 Å². The molecular weight excluding hydrogens is 712 g/mol. The Hall–Kier alpha value is -3.64. The molecule has 6 aromatic carbocycles. The molecule has 0 atom stereocenters. The Labute approximate surface area is 275 Å². The summed E-state index contributed by atoms with van der Waals surface area (Å²) in [6.07, 6.45) is 0. The van der Waals surface area contributed by atoms with Crippen molar-refractivity contribution in [1.29, 1.82) is 0 Å². The van der Waals surface area contributed by atoms with Crippen molar-refractivity contribution in [3.8, 4) is 0 Å². The molecule has 0 radical (unpaired) electrons. The fourth-order valence-corrected chi connectivity index (χ4v) is 5.38. The summed E-state index contributed by atoms with van der Waals surface area (Å²) in [6.45, 7) is 0. The Kier molecular flexibility index (Phi) is 14.1. The molecule has 212 valence electrons. The van der Waals surface area contributed by atoms with Crippen molar-refractivity contribution in [2.75, 3.05) is 10.2 Å². The summed E-state index contributed by atoms with van der Waals surface area (Å²) in [4.78, 5) is 2.24. The summed E-state index contributed by atoms with van der Waals surface area (Å²) in [5.41, 5.74) is 5.67. The Bertz CT molecular complexity index is 1490. The summed E-state index contributed by atoms with van der Waals surface area (Å²) in [7, 11) is 0. The van der Waals surface area contributed by atoms with Crippen molar-refractivity contribution in [3.63, 3.8) is 0 Å². The van der Waals surface area contributed by atoms with E-state index in [-0.39, 0.29) is 7.43 Å². The molecule has 0 aliphatic carbocycles. The quantitative estimate of drug-likeness (QED) is 0.189. The number of nitrogens with one attached hydrogen (secondary N) is 1. The van der Waals surface area contributed by atoms with Crippen molar-refractivity contribution in [1.82, 2.24) is 0 Å². The number of anilines is 5. The monoisotopic (exact) mass is 742 g/mol. The van der Waals surface area contributed by atoms with Crippen molar-refractivity contribution in [2.45, 2.75) is 7.43 Å². The summed E-state index contributed by atoms with van der Waals surface area (Å²) in [5.74, 6) is 0. The first-order chi connectivity index (χ1) is 20.1. The van der Waals surface area contributed by atoms with E-state index in [1.54, 1.807) is 0 Å². The number of nitrogens with zero attached hydrogens (tertiary/aromatic N) is 1. The summed E-state index contributed by atoms with van der Waals surface area (Å²) in [5, 5.41) is 3.30. The molecule has 1 N–H and O–H groups in total. The van der Waals surface area contributed by atoms with Crippen molar-refractivity contribution in [2.24, 2.45) is 0 Å². The zero-order chi connectivity index (χ0) is 28.7. The largest absolute Gasteiger partial charge is 0.356 e. The highest BCUT2D eigenvalue weighted by Crippen LogP contribution is 2.35. The minimum Gasteiger partial charge on any atom is -0.356 e. The first-order valence-electron chi connectivity index (χ1n) is 13.0. The van der Waals surface area contributed by atoms with Crippen LogP contribution in [0.3, 0.4) is 0 Å². The third-order valence-corrected chi connectivity index (χ3v) is 7.20. The van der Waals surface area contributed by atoms with Gasteiger partial charge in [-0.15, -0.1) is 0 Å². The highest BCUT2D eigenvalue weighted by Gasteiger charge is 2.11. The van der Waals surface area contributed by atoms with Crippen molar-refractivity contribution >= 4 is 76.2 Å². The second kappa shape index (κ2) is 18.0. The lowest BCUT2D eigenvalue weighted by atomic mass is 10.2. The molecule has 0 bridgehead atoms. The lowest BCUT2D eigenvalue weighted by molar-refractivity contribution is 1.28. The number of rotatable bonds is 5. The fourth-order valence-electron chi connectivity index (χ4n) is 3.89. The molecule has 42 heavy (non-hydrogen) atoms. The van der Waals surface area contributed by atoms with E-state index in [4.69, 9.17) is 0 Å². The molecule has 0 saturated carbocycles. The van der Waals surface area contributed by atoms with Crippen LogP contribution in [-0.4, -0.2) is 0 Å². The zero-order valence-electron chi connectivity index (χ0n) is 22.2. The standard InChI is InChI=1S/C18H14BrN.C12H11N.C6H4Br2.CH4/c19-15-8-7-13-18(14-15)20(16-9-3-1-4-10-16)17-11-5-2-6-12-17;1-3-7-11(8-4-1)13-12-9-5-2-6-10-12;7-5-2-1-3-6(8)4-5;/h1-14H;1-10,13H;1-4H;1H4. The van der Waals surface area contributed by atoms with E-state index in [1.807, 2.05) is 103 Å². The molecule has 0 fully saturated rings. The fraction of sp³-hybridized carbons (Fsp3) is 0.0270. The highest BCUT2D eigenvalue weighted by molar-refractivity contribution is 9.11. The molecule has 6 aromatic rings. The number of benzene rings is 6. The van der Waals surface area contributed by atoms with Gasteiger partial charge in [-0.2, -0.15) is 0 Å². The van der Waals surface area contributed by atoms with Gasteiger partial charge in [0.15, 0.2) is 0 Å². The van der Waals surface area contributed by atoms with Gasteiger partial charge >= 0.3 is 0 Å². The molecule has 0 spiro atoms. The third kappa shape index (κ3) is 11.0. The smallest absolute Gasteiger partial charge is 0.0472 e. The number of hydrogen-bond donors (Lipinski definition) is 1. The van der Waals surface area contributed by atoms with Gasteiger partial charge in [-0.25, -0.2) is 0 Å². The van der Waals surface area contributed by atoms with Gasteiger partial charge in [0.1, 0.15) is 0 Å². The first-order valence-corrected chi connectivity index (χ1v) is 15.4. The molecule has 0 amide bonds. The Morgan fingerprint density at radius 1 is 0.357 bits per heavy atom. The van der Waals surface area contributed by atoms with Gasteiger partial charge < -0.3 is 10.2 Å². The molecule has 0 heterocycles. The van der Waals surface area contributed by atoms with Gasteiger partial charge in [-0.05, 0) is 84.9 Å². The molecular formula is C37H33Br3N2. The zero-order valence-corrected chi connectivity index (χ0v) is 27.0. The van der Waals surface area contributed by atoms with E-state index in [9.17, 15) is 0 Å². The summed E-state index contributed by atoms with van der Waals surface area (Å²) < 4.78 is 3.28. The van der Waals surface area contributed by atoms with E-state index in [2.05, 4.69) is 125 Å². The normalized spacial score (nSPS) is 9.60. The van der Waals surface area contributed by atoms with Crippen LogP contribution in [0.5, 0.6) is 0 Å². The average molecular weight is 745 g/mol. The van der Waals surface area contributed by atoms with Crippen molar-refractivity contribution in [3.05, 3.63) is 183 Å². The summed E-state index contributed by atoms with van der Waals surface area (Å²) >= 11 is 10.2. The SMILES string of the molecule is Brc1cccc(Br)c1.Brc1cccc(N(c2ccccc2)c2ccccc2)c1.C.c1ccc(Nc2ccccc2)cc1. The maximum absolute atomic E-state index is 3.55. The maximum Gasteiger partial charge on any atom is 0.0472 e. The van der Waals surface area contributed by atoms with Crippen LogP contribution in [0.1, 0.15) is 7.43 Å². The van der Waals surface area contributed by atoms with E-state index in [0.29, 0.717) is 0 Å². The molecule has 0 unspecified atom stereocenters. The Balaban J connectivity index is 0.000000189. The number of para-hydroxylation sites is 4. The van der Waals surface area contributed by atoms with E-state index in [0.717, 1.165) is 41.9 Å². The van der Waals surface area contributed by atoms with Crippen LogP contribution in [0.2, 0.25) is 0 Å². The van der Waals surface area contributed by atoms with Gasteiger partial charge in [0.2, 0.25) is 0 Å². The highest BCUT2D eigenvalue weighted by atomic mass is 79.9. The summed E-state index contributed by atoms with van der Waals surface area (Å²) in [6, 6.07) is 57.4. The predicted octanol–water partition coefficient (Wildman–Crippen LogP) is 13.2. The van der Waals surface area contributed by atoms with Gasteiger partial charge in [-0.1, -0.05) is 140 Å². The molecule has 6 rings (SSSR count). The predicted molar refractivity (Wildman–Crippen MR) is 194 cm³/mol. The van der Waals surface area contributed by atoms with Gasteiger partial charge in [0.25, 0.3) is 0 Å². The second-order valence-electron chi connectivity index (χ2n) is 8.78. The van der Waals surface area contributed by atoms with Crippen LogP contribution in [0.4, 0.5) is 28.4 Å². The molecule has 2 nitrogen and oxygen atoms in total. The number of hydrogen-bond acceptors (Lipinski definition) is 2. The minimum atomic E-state index is 0. The molecule has 0 aromatic heterocycles. The van der Waals surface area contributed by atoms with Crippen LogP contribution in [0.25, 0.3) is 0 Å². The van der Waals surface area contributed by atoms with E-state index in [1.165, 1.54) is 0 Å². The maximum atomic E-state index is 3.55. The second-order valence-corrected chi connectivity index (χ2v) is 11.5. The topological polar surface area (TPSA) is 15.3 Å². The average Bonchev–Trinajstić information content (AvgIpc) is 3.00. The lowest BCUT2D eigenvalue weighted by Crippen LogP contribution is -2.09. The van der Waals surface area contributed by atoms with Gasteiger partial charge in [0, 0.05) is 41.9 Å².